The van der Waals surface area contributed by atoms with Gasteiger partial charge in [-0.25, -0.2) is 4.79 Å². The van der Waals surface area contributed by atoms with E-state index >= 15 is 0 Å². The molecule has 11 nitrogen and oxygen atoms in total. The van der Waals surface area contributed by atoms with Gasteiger partial charge in [-0.15, -0.1) is 0 Å². The van der Waals surface area contributed by atoms with Gasteiger partial charge in [0.2, 0.25) is 0 Å². The molecule has 2 aromatic carbocycles. The van der Waals surface area contributed by atoms with Gasteiger partial charge in [0.05, 0.1) is 7.11 Å². The first kappa shape index (κ1) is 29.2. The lowest BCUT2D eigenvalue weighted by Crippen LogP contribution is -2.50. The van der Waals surface area contributed by atoms with E-state index in [1.165, 1.54) is 0 Å². The lowest BCUT2D eigenvalue weighted by molar-refractivity contribution is 0.0521. The van der Waals surface area contributed by atoms with Crippen LogP contribution in [0.5, 0.6) is 11.5 Å². The van der Waals surface area contributed by atoms with Crippen LogP contribution in [-0.4, -0.2) is 75.4 Å². The molecule has 0 atom stereocenters. The highest BCUT2D eigenvalue weighted by Crippen LogP contribution is 2.35. The number of methoxy groups -OCH3 is 1. The third-order valence-electron chi connectivity index (χ3n) is 8.33. The van der Waals surface area contributed by atoms with Crippen LogP contribution in [0.25, 0.3) is 0 Å². The van der Waals surface area contributed by atoms with Gasteiger partial charge in [0.15, 0.2) is 18.1 Å². The molecule has 0 saturated carbocycles. The molecule has 2 amide bonds. The fraction of sp³-hybridized carbons (Fsp3) is 0.452. The van der Waals surface area contributed by atoms with Gasteiger partial charge in [-0.05, 0) is 61.6 Å². The molecule has 0 spiro atoms. The van der Waals surface area contributed by atoms with Crippen LogP contribution in [0.15, 0.2) is 45.2 Å². The minimum Gasteiger partial charge on any atom is -0.504 e. The molecule has 1 aromatic heterocycles. The van der Waals surface area contributed by atoms with Crippen LogP contribution in [0.1, 0.15) is 58.8 Å². The zero-order valence-corrected chi connectivity index (χ0v) is 24.5. The fourth-order valence-corrected chi connectivity index (χ4v) is 5.53. The van der Waals surface area contributed by atoms with Gasteiger partial charge in [-0.3, -0.25) is 18.5 Å². The Hall–Kier alpha value is -4.25. The molecule has 11 heteroatoms. The molecule has 42 heavy (non-hydrogen) atoms. The number of fused-ring (bicyclic) bond motifs is 1. The highest BCUT2D eigenvalue weighted by Gasteiger charge is 2.35. The van der Waals surface area contributed by atoms with Gasteiger partial charge in [-0.2, -0.15) is 0 Å². The third-order valence-corrected chi connectivity index (χ3v) is 8.33. The van der Waals surface area contributed by atoms with Gasteiger partial charge in [0.1, 0.15) is 0 Å². The zero-order chi connectivity index (χ0) is 30.0. The largest absolute Gasteiger partial charge is 0.724 e. The highest BCUT2D eigenvalue weighted by molar-refractivity contribution is 5.96. The topological polar surface area (TPSA) is 130 Å². The number of carbonyl (C=O) groups is 2. The van der Waals surface area contributed by atoms with Crippen LogP contribution >= 0.6 is 0 Å². The monoisotopic (exact) mass is 580 g/mol. The summed E-state index contributed by atoms with van der Waals surface area (Å²) in [5.74, 6) is 0.573. The zero-order valence-electron chi connectivity index (χ0n) is 24.5. The Morgan fingerprint density at radius 2 is 1.79 bits per heavy atom. The molecule has 0 radical (unpaired) electrons. The van der Waals surface area contributed by atoms with Gasteiger partial charge in [0.25, 0.3) is 17.4 Å². The molecular weight excluding hydrogens is 542 g/mol. The molecule has 2 N–H and O–H groups in total. The molecule has 0 bridgehead atoms. The number of hydrogen-bond donors (Lipinski definition) is 1. The molecular formula is C31H38N3O8+. The normalized spacial score (nSPS) is 15.5. The van der Waals surface area contributed by atoms with Crippen LogP contribution in [0.4, 0.5) is 4.79 Å². The first-order valence-corrected chi connectivity index (χ1v) is 14.1. The molecule has 1 saturated heterocycles. The molecule has 2 aliphatic rings. The number of aromatic hydroxyl groups is 1. The number of aryl methyl sites for hydroxylation is 2. The molecule has 3 aromatic rings. The van der Waals surface area contributed by atoms with Crippen molar-refractivity contribution in [2.45, 2.75) is 58.8 Å². The number of amides is 2. The smallest absolute Gasteiger partial charge is 0.504 e. The number of phenols is 1. The average molecular weight is 581 g/mol. The van der Waals surface area contributed by atoms with E-state index in [1.54, 1.807) is 29.9 Å². The second-order valence-corrected chi connectivity index (χ2v) is 11.4. The van der Waals surface area contributed by atoms with Crippen LogP contribution in [0.3, 0.4) is 0 Å². The van der Waals surface area contributed by atoms with Gasteiger partial charge in [0, 0.05) is 57.3 Å². The maximum absolute atomic E-state index is 13.6. The fourth-order valence-electron chi connectivity index (χ4n) is 5.53. The molecule has 3 heterocycles. The summed E-state index contributed by atoms with van der Waals surface area (Å²) < 4.78 is 20.4. The second kappa shape index (κ2) is 11.9. The predicted molar refractivity (Wildman–Crippen MR) is 151 cm³/mol. The number of phenolic OH excluding ortho intramolecular Hbond substituents is 1. The molecule has 0 aliphatic carbocycles. The Bertz CT molecular complexity index is 1520. The Labute approximate surface area is 244 Å². The molecule has 5 rings (SSSR count). The summed E-state index contributed by atoms with van der Waals surface area (Å²) in [4.78, 5) is 41.2. The van der Waals surface area contributed by atoms with E-state index in [-0.39, 0.29) is 29.6 Å². The Morgan fingerprint density at radius 1 is 1.05 bits per heavy atom. The van der Waals surface area contributed by atoms with Crippen LogP contribution < -0.4 is 10.6 Å². The summed E-state index contributed by atoms with van der Waals surface area (Å²) in [6, 6.07) is 11.4. The van der Waals surface area contributed by atoms with Crippen LogP contribution in [0.2, 0.25) is 0 Å². The number of rotatable bonds is 8. The van der Waals surface area contributed by atoms with E-state index in [4.69, 9.17) is 18.3 Å². The maximum Gasteiger partial charge on any atom is 0.724 e. The molecule has 1 fully saturated rings. The van der Waals surface area contributed by atoms with Crippen molar-refractivity contribution in [3.8, 4) is 11.5 Å². The Kier molecular flexibility index (Phi) is 8.31. The SMILES string of the molecule is COc1cc(CCC(C)(C)N2Cc3cccc(C(=O)N4CCN(C(=O)OCc5oc(=[OH+])oc5C)CC4)c3C2)ccc1O. The molecule has 2 aliphatic heterocycles. The third kappa shape index (κ3) is 6.15. The summed E-state index contributed by atoms with van der Waals surface area (Å²) in [5.41, 5.74) is 3.90. The summed E-state index contributed by atoms with van der Waals surface area (Å²) in [6.45, 7) is 8.86. The van der Waals surface area contributed by atoms with Crippen molar-refractivity contribution in [3.05, 3.63) is 76.0 Å². The van der Waals surface area contributed by atoms with Crippen molar-refractivity contribution < 1.29 is 37.8 Å². The minimum atomic E-state index is -0.583. The lowest BCUT2D eigenvalue weighted by Gasteiger charge is -2.36. The number of carbonyl (C=O) groups excluding carboxylic acids is 2. The van der Waals surface area contributed by atoms with Crippen molar-refractivity contribution in [3.63, 3.8) is 0 Å². The molecule has 224 valence electrons. The number of hydrogen-bond acceptors (Lipinski definition) is 8. The Balaban J connectivity index is 1.17. The maximum atomic E-state index is 13.6. The predicted octanol–water partition coefficient (Wildman–Crippen LogP) is 3.72. The van der Waals surface area contributed by atoms with Crippen molar-refractivity contribution in [1.29, 1.82) is 0 Å². The van der Waals surface area contributed by atoms with E-state index in [2.05, 4.69) is 24.8 Å². The van der Waals surface area contributed by atoms with E-state index < -0.39 is 11.9 Å². The van der Waals surface area contributed by atoms with E-state index in [1.807, 2.05) is 24.3 Å². The number of benzene rings is 2. The van der Waals surface area contributed by atoms with Gasteiger partial charge in [-0.1, -0.05) is 18.2 Å². The number of nitrogens with zero attached hydrogens (tertiary/aromatic N) is 3. The first-order valence-electron chi connectivity index (χ1n) is 14.1. The van der Waals surface area contributed by atoms with Gasteiger partial charge >= 0.3 is 11.9 Å². The molecule has 0 unspecified atom stereocenters. The quantitative estimate of drug-likeness (QED) is 0.399. The van der Waals surface area contributed by atoms with Crippen LogP contribution in [0, 0.1) is 6.92 Å². The van der Waals surface area contributed by atoms with Crippen molar-refractivity contribution in [2.24, 2.45) is 0 Å². The summed E-state index contributed by atoms with van der Waals surface area (Å²) in [5, 5.41) is 9.91. The Morgan fingerprint density at radius 3 is 2.48 bits per heavy atom. The van der Waals surface area contributed by atoms with Crippen molar-refractivity contribution in [2.75, 3.05) is 33.3 Å². The summed E-state index contributed by atoms with van der Waals surface area (Å²) in [7, 11) is 1.55. The van der Waals surface area contributed by atoms with Crippen molar-refractivity contribution in [1.82, 2.24) is 14.7 Å². The average Bonchev–Trinajstić information content (AvgIpc) is 3.57. The number of ether oxygens (including phenoxy) is 2. The number of piperazine rings is 1. The van der Waals surface area contributed by atoms with E-state index in [9.17, 15) is 19.5 Å². The minimum absolute atomic E-state index is 0.0287. The summed E-state index contributed by atoms with van der Waals surface area (Å²) >= 11 is 0. The van der Waals surface area contributed by atoms with Crippen molar-refractivity contribution >= 4 is 12.0 Å². The lowest BCUT2D eigenvalue weighted by atomic mass is 9.93. The second-order valence-electron chi connectivity index (χ2n) is 11.4. The first-order chi connectivity index (χ1) is 20.1. The van der Waals surface area contributed by atoms with Gasteiger partial charge < -0.3 is 29.2 Å². The summed E-state index contributed by atoms with van der Waals surface area (Å²) in [6.07, 6.45) is 1.21. The van der Waals surface area contributed by atoms with Crippen LogP contribution in [-0.2, 0) is 30.9 Å². The van der Waals surface area contributed by atoms with E-state index in [0.717, 1.165) is 36.1 Å². The standard InChI is InChI=1S/C31H37N3O8/c1-20-27(42-30(38)41-20)19-40-29(37)33-14-12-32(13-15-33)28(36)23-7-5-6-22-17-34(18-24(22)23)31(2,3)11-10-21-8-9-25(35)26(16-21)39-4/h5-9,16,35H,10-15,17-19H2,1-4H3/p+1. The highest BCUT2D eigenvalue weighted by atomic mass is 16.6. The van der Waals surface area contributed by atoms with E-state index in [0.29, 0.717) is 49.8 Å².